The highest BCUT2D eigenvalue weighted by Gasteiger charge is 2.27. The van der Waals surface area contributed by atoms with Crippen molar-refractivity contribution in [1.29, 1.82) is 0 Å². The van der Waals surface area contributed by atoms with Crippen LogP contribution in [0.5, 0.6) is 0 Å². The first-order chi connectivity index (χ1) is 11.0. The molecule has 2 aliphatic rings. The number of guanidine groups is 1. The maximum atomic E-state index is 11.5. The lowest BCUT2D eigenvalue weighted by molar-refractivity contribution is 0.322. The molecular weight excluding hydrogens is 310 g/mol. The quantitative estimate of drug-likeness (QED) is 0.574. The van der Waals surface area contributed by atoms with Gasteiger partial charge in [0, 0.05) is 19.6 Å². The van der Waals surface area contributed by atoms with E-state index in [-0.39, 0.29) is 5.92 Å². The molecule has 1 heterocycles. The topological polar surface area (TPSA) is 70.6 Å². The molecule has 0 amide bonds. The van der Waals surface area contributed by atoms with Crippen molar-refractivity contribution in [3.05, 3.63) is 0 Å². The van der Waals surface area contributed by atoms with Crippen LogP contribution >= 0.6 is 0 Å². The molecule has 2 N–H and O–H groups in total. The average molecular weight is 344 g/mol. The molecule has 0 bridgehead atoms. The summed E-state index contributed by atoms with van der Waals surface area (Å²) >= 11 is 0. The summed E-state index contributed by atoms with van der Waals surface area (Å²) in [4.78, 5) is 4.27. The molecule has 0 spiro atoms. The predicted molar refractivity (Wildman–Crippen MR) is 96.5 cm³/mol. The van der Waals surface area contributed by atoms with E-state index in [4.69, 9.17) is 0 Å². The molecule has 0 aromatic rings. The second-order valence-electron chi connectivity index (χ2n) is 7.35. The Labute approximate surface area is 141 Å². The maximum Gasteiger partial charge on any atom is 0.191 e. The Bertz CT molecular complexity index is 484. The second kappa shape index (κ2) is 8.90. The normalized spacial score (nSPS) is 26.9. The van der Waals surface area contributed by atoms with Crippen LogP contribution in [-0.2, 0) is 9.84 Å². The molecule has 0 radical (unpaired) electrons. The van der Waals surface area contributed by atoms with Gasteiger partial charge in [-0.1, -0.05) is 32.1 Å². The lowest BCUT2D eigenvalue weighted by Gasteiger charge is -2.24. The van der Waals surface area contributed by atoms with Gasteiger partial charge < -0.3 is 10.6 Å². The summed E-state index contributed by atoms with van der Waals surface area (Å²) in [7, 11) is -1.02. The standard InChI is InChI=1S/C17H33N3O2S/c1-14(8-9-15-6-4-3-5-7-15)20-17(18-2)19-12-16-10-11-23(21,22)13-16/h14-16H,3-13H2,1-2H3,(H2,18,19,20). The summed E-state index contributed by atoms with van der Waals surface area (Å²) in [6.45, 7) is 2.89. The van der Waals surface area contributed by atoms with E-state index < -0.39 is 9.84 Å². The third-order valence-corrected chi connectivity index (χ3v) is 7.06. The molecule has 23 heavy (non-hydrogen) atoms. The fourth-order valence-corrected chi connectivity index (χ4v) is 5.60. The van der Waals surface area contributed by atoms with E-state index in [1.54, 1.807) is 7.05 Å². The summed E-state index contributed by atoms with van der Waals surface area (Å²) < 4.78 is 23.0. The number of nitrogens with zero attached hydrogens (tertiary/aromatic N) is 1. The van der Waals surface area contributed by atoms with Crippen molar-refractivity contribution in [1.82, 2.24) is 10.6 Å². The summed E-state index contributed by atoms with van der Waals surface area (Å²) in [5.74, 6) is 2.57. The minimum atomic E-state index is -2.79. The first-order valence-corrected chi connectivity index (χ1v) is 11.0. The van der Waals surface area contributed by atoms with E-state index in [1.165, 1.54) is 44.9 Å². The Morgan fingerprint density at radius 1 is 1.17 bits per heavy atom. The maximum absolute atomic E-state index is 11.5. The molecule has 2 rings (SSSR count). The average Bonchev–Trinajstić information content (AvgIpc) is 2.89. The van der Waals surface area contributed by atoms with Gasteiger partial charge in [0.25, 0.3) is 0 Å². The molecule has 0 aromatic heterocycles. The number of aliphatic imine (C=N–C) groups is 1. The third kappa shape index (κ3) is 6.69. The SMILES string of the molecule is CN=C(NCC1CCS(=O)(=O)C1)NC(C)CCC1CCCCC1. The van der Waals surface area contributed by atoms with Gasteiger partial charge in [-0.2, -0.15) is 0 Å². The molecule has 5 nitrogen and oxygen atoms in total. The molecule has 0 aromatic carbocycles. The van der Waals surface area contributed by atoms with E-state index in [0.717, 1.165) is 18.3 Å². The van der Waals surface area contributed by atoms with Crippen LogP contribution in [0.2, 0.25) is 0 Å². The zero-order chi connectivity index (χ0) is 16.7. The second-order valence-corrected chi connectivity index (χ2v) is 9.58. The fraction of sp³-hybridized carbons (Fsp3) is 0.941. The first kappa shape index (κ1) is 18.6. The van der Waals surface area contributed by atoms with Crippen molar-refractivity contribution in [3.63, 3.8) is 0 Å². The number of nitrogens with one attached hydrogen (secondary N) is 2. The van der Waals surface area contributed by atoms with Gasteiger partial charge in [-0.3, -0.25) is 4.99 Å². The molecular formula is C17H33N3O2S. The Morgan fingerprint density at radius 3 is 2.52 bits per heavy atom. The van der Waals surface area contributed by atoms with Crippen LogP contribution in [0.1, 0.15) is 58.3 Å². The van der Waals surface area contributed by atoms with Crippen LogP contribution in [0.25, 0.3) is 0 Å². The molecule has 134 valence electrons. The summed E-state index contributed by atoms with van der Waals surface area (Å²) in [6.07, 6.45) is 10.3. The first-order valence-electron chi connectivity index (χ1n) is 9.16. The zero-order valence-electron chi connectivity index (χ0n) is 14.7. The third-order valence-electron chi connectivity index (χ3n) is 5.22. The number of rotatable bonds is 6. The Hall–Kier alpha value is -0.780. The number of sulfone groups is 1. The van der Waals surface area contributed by atoms with E-state index in [9.17, 15) is 8.42 Å². The monoisotopic (exact) mass is 343 g/mol. The molecule has 2 atom stereocenters. The van der Waals surface area contributed by atoms with Crippen LogP contribution in [0.3, 0.4) is 0 Å². The van der Waals surface area contributed by atoms with Gasteiger partial charge in [-0.15, -0.1) is 0 Å². The van der Waals surface area contributed by atoms with Gasteiger partial charge in [0.05, 0.1) is 11.5 Å². The van der Waals surface area contributed by atoms with Gasteiger partial charge >= 0.3 is 0 Å². The molecule has 1 aliphatic carbocycles. The summed E-state index contributed by atoms with van der Waals surface area (Å²) in [5.41, 5.74) is 0. The molecule has 1 aliphatic heterocycles. The summed E-state index contributed by atoms with van der Waals surface area (Å²) in [5, 5.41) is 6.73. The van der Waals surface area contributed by atoms with Crippen LogP contribution in [0.15, 0.2) is 4.99 Å². The van der Waals surface area contributed by atoms with Crippen LogP contribution in [0.4, 0.5) is 0 Å². The van der Waals surface area contributed by atoms with E-state index in [1.807, 2.05) is 0 Å². The van der Waals surface area contributed by atoms with Gasteiger partial charge in [0.1, 0.15) is 0 Å². The minimum Gasteiger partial charge on any atom is -0.356 e. The molecule has 1 saturated heterocycles. The Morgan fingerprint density at radius 2 is 1.91 bits per heavy atom. The number of hydrogen-bond donors (Lipinski definition) is 2. The fourth-order valence-electron chi connectivity index (χ4n) is 3.74. The van der Waals surface area contributed by atoms with Crippen LogP contribution in [0, 0.1) is 11.8 Å². The van der Waals surface area contributed by atoms with Gasteiger partial charge in [0.2, 0.25) is 0 Å². The smallest absolute Gasteiger partial charge is 0.191 e. The van der Waals surface area contributed by atoms with E-state index in [2.05, 4.69) is 22.5 Å². The molecule has 2 fully saturated rings. The van der Waals surface area contributed by atoms with Gasteiger partial charge in [0.15, 0.2) is 15.8 Å². The molecule has 6 heteroatoms. The van der Waals surface area contributed by atoms with Crippen molar-refractivity contribution in [2.75, 3.05) is 25.1 Å². The lowest BCUT2D eigenvalue weighted by atomic mass is 9.85. The van der Waals surface area contributed by atoms with Crippen molar-refractivity contribution in [2.45, 2.75) is 64.3 Å². The van der Waals surface area contributed by atoms with Gasteiger partial charge in [-0.05, 0) is 38.0 Å². The van der Waals surface area contributed by atoms with Crippen molar-refractivity contribution < 1.29 is 8.42 Å². The molecule has 2 unspecified atom stereocenters. The van der Waals surface area contributed by atoms with Crippen molar-refractivity contribution in [3.8, 4) is 0 Å². The Kier molecular flexibility index (Phi) is 7.18. The highest BCUT2D eigenvalue weighted by atomic mass is 32.2. The predicted octanol–water partition coefficient (Wildman–Crippen LogP) is 2.34. The number of hydrogen-bond acceptors (Lipinski definition) is 3. The van der Waals surface area contributed by atoms with Crippen LogP contribution < -0.4 is 10.6 Å². The van der Waals surface area contributed by atoms with Crippen molar-refractivity contribution >= 4 is 15.8 Å². The highest BCUT2D eigenvalue weighted by molar-refractivity contribution is 7.91. The molecule has 1 saturated carbocycles. The van der Waals surface area contributed by atoms with E-state index in [0.29, 0.717) is 24.1 Å². The largest absolute Gasteiger partial charge is 0.356 e. The van der Waals surface area contributed by atoms with Crippen molar-refractivity contribution in [2.24, 2.45) is 16.8 Å². The zero-order valence-corrected chi connectivity index (χ0v) is 15.5. The van der Waals surface area contributed by atoms with Crippen LogP contribution in [-0.4, -0.2) is 45.5 Å². The van der Waals surface area contributed by atoms with Gasteiger partial charge in [-0.25, -0.2) is 8.42 Å². The minimum absolute atomic E-state index is 0.219. The summed E-state index contributed by atoms with van der Waals surface area (Å²) in [6, 6.07) is 0.399. The van der Waals surface area contributed by atoms with E-state index >= 15 is 0 Å². The Balaban J connectivity index is 1.65. The lowest BCUT2D eigenvalue weighted by Crippen LogP contribution is -2.44. The highest BCUT2D eigenvalue weighted by Crippen LogP contribution is 2.27.